The van der Waals surface area contributed by atoms with E-state index < -0.39 is 0 Å². The number of benzene rings is 1. The van der Waals surface area contributed by atoms with Gasteiger partial charge in [0.1, 0.15) is 5.69 Å². The average Bonchev–Trinajstić information content (AvgIpc) is 2.57. The van der Waals surface area contributed by atoms with Crippen molar-refractivity contribution in [1.82, 2.24) is 9.36 Å². The summed E-state index contributed by atoms with van der Waals surface area (Å²) in [6.45, 7) is 4.40. The van der Waals surface area contributed by atoms with Crippen LogP contribution in [0.4, 0.5) is 5.69 Å². The van der Waals surface area contributed by atoms with Crippen molar-refractivity contribution in [2.75, 3.05) is 5.73 Å². The van der Waals surface area contributed by atoms with Crippen LogP contribution in [0.2, 0.25) is 10.0 Å². The van der Waals surface area contributed by atoms with E-state index in [2.05, 4.69) is 0 Å². The standard InChI is InChI=1S/C12H13Cl2N3O/c1-3-16-7(2)11(15)12(18)17(16)8-4-5-9(13)10(14)6-8/h4-6H,3,15H2,1-2H3. The summed E-state index contributed by atoms with van der Waals surface area (Å²) in [7, 11) is 0. The molecule has 0 spiro atoms. The molecule has 1 aromatic carbocycles. The fourth-order valence-corrected chi connectivity index (χ4v) is 2.21. The van der Waals surface area contributed by atoms with Gasteiger partial charge in [0.05, 0.1) is 21.4 Å². The van der Waals surface area contributed by atoms with Crippen LogP contribution in [-0.4, -0.2) is 9.36 Å². The molecule has 2 N–H and O–H groups in total. The molecular weight excluding hydrogens is 273 g/mol. The number of aromatic nitrogens is 2. The van der Waals surface area contributed by atoms with Gasteiger partial charge < -0.3 is 5.73 Å². The van der Waals surface area contributed by atoms with Crippen LogP contribution in [-0.2, 0) is 6.54 Å². The molecule has 0 saturated heterocycles. The molecule has 18 heavy (non-hydrogen) atoms. The lowest BCUT2D eigenvalue weighted by molar-refractivity contribution is 0.560. The highest BCUT2D eigenvalue weighted by atomic mass is 35.5. The van der Waals surface area contributed by atoms with Crippen LogP contribution in [0.15, 0.2) is 23.0 Å². The van der Waals surface area contributed by atoms with Crippen molar-refractivity contribution < 1.29 is 0 Å². The molecule has 2 rings (SSSR count). The number of rotatable bonds is 2. The molecule has 0 aliphatic heterocycles. The topological polar surface area (TPSA) is 52.9 Å². The monoisotopic (exact) mass is 285 g/mol. The molecule has 6 heteroatoms. The van der Waals surface area contributed by atoms with Crippen molar-refractivity contribution in [2.45, 2.75) is 20.4 Å². The zero-order chi connectivity index (χ0) is 13.4. The third-order valence-electron chi connectivity index (χ3n) is 2.89. The van der Waals surface area contributed by atoms with Crippen LogP contribution < -0.4 is 11.3 Å². The van der Waals surface area contributed by atoms with E-state index in [0.29, 0.717) is 22.3 Å². The van der Waals surface area contributed by atoms with Gasteiger partial charge in [0, 0.05) is 6.54 Å². The first-order valence-corrected chi connectivity index (χ1v) is 6.26. The van der Waals surface area contributed by atoms with Crippen molar-refractivity contribution >= 4 is 28.9 Å². The number of hydrogen-bond acceptors (Lipinski definition) is 2. The average molecular weight is 286 g/mol. The van der Waals surface area contributed by atoms with Crippen molar-refractivity contribution in [3.8, 4) is 5.69 Å². The summed E-state index contributed by atoms with van der Waals surface area (Å²) < 4.78 is 3.31. The highest BCUT2D eigenvalue weighted by Crippen LogP contribution is 2.24. The number of nitrogen functional groups attached to an aromatic ring is 1. The Morgan fingerprint density at radius 3 is 2.50 bits per heavy atom. The van der Waals surface area contributed by atoms with Crippen molar-refractivity contribution in [3.05, 3.63) is 44.3 Å². The molecule has 4 nitrogen and oxygen atoms in total. The van der Waals surface area contributed by atoms with Gasteiger partial charge in [-0.3, -0.25) is 9.48 Å². The second-order valence-corrected chi connectivity index (χ2v) is 4.74. The quantitative estimate of drug-likeness (QED) is 0.923. The largest absolute Gasteiger partial charge is 0.393 e. The van der Waals surface area contributed by atoms with Gasteiger partial charge >= 0.3 is 0 Å². The van der Waals surface area contributed by atoms with Gasteiger partial charge in [0.25, 0.3) is 5.56 Å². The summed E-state index contributed by atoms with van der Waals surface area (Å²) in [6, 6.07) is 5.04. The number of anilines is 1. The van der Waals surface area contributed by atoms with Gasteiger partial charge in [-0.15, -0.1) is 0 Å². The lowest BCUT2D eigenvalue weighted by Gasteiger charge is -2.11. The normalized spacial score (nSPS) is 10.9. The molecule has 1 heterocycles. The minimum Gasteiger partial charge on any atom is -0.393 e. The van der Waals surface area contributed by atoms with E-state index in [0.717, 1.165) is 5.69 Å². The zero-order valence-corrected chi connectivity index (χ0v) is 11.6. The lowest BCUT2D eigenvalue weighted by atomic mass is 10.3. The molecule has 0 atom stereocenters. The number of halogens is 2. The first-order chi connectivity index (χ1) is 8.47. The minimum atomic E-state index is -0.243. The molecule has 0 aliphatic carbocycles. The van der Waals surface area contributed by atoms with Gasteiger partial charge in [0.2, 0.25) is 0 Å². The fourth-order valence-electron chi connectivity index (χ4n) is 1.92. The maximum atomic E-state index is 12.1. The zero-order valence-electron chi connectivity index (χ0n) is 10.1. The van der Waals surface area contributed by atoms with E-state index >= 15 is 0 Å². The summed E-state index contributed by atoms with van der Waals surface area (Å²) in [4.78, 5) is 12.1. The van der Waals surface area contributed by atoms with Crippen LogP contribution in [0.3, 0.4) is 0 Å². The highest BCUT2D eigenvalue weighted by Gasteiger charge is 2.15. The summed E-state index contributed by atoms with van der Waals surface area (Å²) in [6.07, 6.45) is 0. The molecule has 0 aliphatic rings. The van der Waals surface area contributed by atoms with E-state index in [9.17, 15) is 4.79 Å². The number of hydrogen-bond donors (Lipinski definition) is 1. The van der Waals surface area contributed by atoms with E-state index in [-0.39, 0.29) is 11.2 Å². The molecule has 0 saturated carbocycles. The lowest BCUT2D eigenvalue weighted by Crippen LogP contribution is -2.21. The molecule has 2 aromatic rings. The molecule has 0 fully saturated rings. The smallest absolute Gasteiger partial charge is 0.294 e. The molecular formula is C12H13Cl2N3O. The maximum Gasteiger partial charge on any atom is 0.294 e. The maximum absolute atomic E-state index is 12.1. The third-order valence-corrected chi connectivity index (χ3v) is 3.63. The molecule has 0 bridgehead atoms. The van der Waals surface area contributed by atoms with Gasteiger partial charge in [0.15, 0.2) is 0 Å². The van der Waals surface area contributed by atoms with Gasteiger partial charge in [-0.1, -0.05) is 23.2 Å². The summed E-state index contributed by atoms with van der Waals surface area (Å²) in [5.41, 5.74) is 7.17. The Hall–Kier alpha value is -1.39. The van der Waals surface area contributed by atoms with Gasteiger partial charge in [-0.25, -0.2) is 4.68 Å². The molecule has 96 valence electrons. The Balaban J connectivity index is 2.74. The molecule has 0 unspecified atom stereocenters. The SMILES string of the molecule is CCn1c(C)c(N)c(=O)n1-c1ccc(Cl)c(Cl)c1. The first kappa shape index (κ1) is 13.1. The van der Waals surface area contributed by atoms with Crippen molar-refractivity contribution in [1.29, 1.82) is 0 Å². The predicted molar refractivity (Wildman–Crippen MR) is 74.9 cm³/mol. The summed E-state index contributed by atoms with van der Waals surface area (Å²) >= 11 is 11.8. The van der Waals surface area contributed by atoms with Crippen molar-refractivity contribution in [2.24, 2.45) is 0 Å². The highest BCUT2D eigenvalue weighted by molar-refractivity contribution is 6.42. The van der Waals surface area contributed by atoms with Crippen LogP contribution in [0.5, 0.6) is 0 Å². The van der Waals surface area contributed by atoms with Crippen LogP contribution >= 0.6 is 23.2 Å². The van der Waals surface area contributed by atoms with E-state index in [4.69, 9.17) is 28.9 Å². The molecule has 1 aromatic heterocycles. The second kappa shape index (κ2) is 4.71. The third kappa shape index (κ3) is 1.91. The minimum absolute atomic E-state index is 0.243. The number of nitrogens with zero attached hydrogens (tertiary/aromatic N) is 2. The van der Waals surface area contributed by atoms with E-state index in [1.807, 2.05) is 13.8 Å². The molecule has 0 radical (unpaired) electrons. The Morgan fingerprint density at radius 2 is 1.94 bits per heavy atom. The van der Waals surface area contributed by atoms with Gasteiger partial charge in [-0.05, 0) is 32.0 Å². The van der Waals surface area contributed by atoms with Crippen LogP contribution in [0.1, 0.15) is 12.6 Å². The van der Waals surface area contributed by atoms with Crippen LogP contribution in [0.25, 0.3) is 5.69 Å². The second-order valence-electron chi connectivity index (χ2n) is 3.93. The van der Waals surface area contributed by atoms with Gasteiger partial charge in [-0.2, -0.15) is 0 Å². The Morgan fingerprint density at radius 1 is 1.28 bits per heavy atom. The Kier molecular flexibility index (Phi) is 3.41. The fraction of sp³-hybridized carbons (Fsp3) is 0.250. The van der Waals surface area contributed by atoms with E-state index in [1.165, 1.54) is 4.68 Å². The Labute approximate surface area is 115 Å². The summed E-state index contributed by atoms with van der Waals surface area (Å²) in [5, 5.41) is 0.855. The van der Waals surface area contributed by atoms with Crippen molar-refractivity contribution in [3.63, 3.8) is 0 Å². The summed E-state index contributed by atoms with van der Waals surface area (Å²) in [5.74, 6) is 0. The van der Waals surface area contributed by atoms with Crippen LogP contribution in [0, 0.1) is 6.92 Å². The number of nitrogens with two attached hydrogens (primary N) is 1. The Bertz CT molecular complexity index is 658. The predicted octanol–water partition coefficient (Wildman–Crippen LogP) is 2.86. The first-order valence-electron chi connectivity index (χ1n) is 5.50. The van der Waals surface area contributed by atoms with E-state index in [1.54, 1.807) is 22.9 Å². The molecule has 0 amide bonds.